The Labute approximate surface area is 204 Å². The summed E-state index contributed by atoms with van der Waals surface area (Å²) in [4.78, 5) is 1.21. The SMILES string of the molecule is CC(CCF)CCCCCCCCCC1c2ccc(O)cc2SC[C@]1(C)c1ccc(O)cc1. The van der Waals surface area contributed by atoms with Crippen molar-refractivity contribution in [1.82, 2.24) is 0 Å². The summed E-state index contributed by atoms with van der Waals surface area (Å²) in [6, 6.07) is 13.6. The van der Waals surface area contributed by atoms with Gasteiger partial charge < -0.3 is 10.2 Å². The first-order chi connectivity index (χ1) is 15.9. The molecule has 0 fully saturated rings. The lowest BCUT2D eigenvalue weighted by molar-refractivity contribution is 0.369. The number of thioether (sulfide) groups is 1. The lowest BCUT2D eigenvalue weighted by atomic mass is 9.68. The molecule has 33 heavy (non-hydrogen) atoms. The van der Waals surface area contributed by atoms with Crippen LogP contribution in [0.5, 0.6) is 11.5 Å². The number of unbranched alkanes of at least 4 members (excludes halogenated alkanes) is 6. The molecule has 1 heterocycles. The van der Waals surface area contributed by atoms with Gasteiger partial charge in [0.2, 0.25) is 0 Å². The Morgan fingerprint density at radius 2 is 1.55 bits per heavy atom. The number of alkyl halides is 1. The number of hydrogen-bond donors (Lipinski definition) is 2. The summed E-state index contributed by atoms with van der Waals surface area (Å²) in [6.45, 7) is 4.34. The topological polar surface area (TPSA) is 40.5 Å². The Bertz CT molecular complexity index is 853. The van der Waals surface area contributed by atoms with Gasteiger partial charge >= 0.3 is 0 Å². The van der Waals surface area contributed by atoms with Gasteiger partial charge in [0.1, 0.15) is 11.5 Å². The fourth-order valence-electron chi connectivity index (χ4n) is 5.26. The number of halogens is 1. The maximum absolute atomic E-state index is 12.4. The molecule has 0 spiro atoms. The molecule has 0 saturated heterocycles. The van der Waals surface area contributed by atoms with Gasteiger partial charge in [-0.1, -0.05) is 83.4 Å². The second-order valence-electron chi connectivity index (χ2n) is 10.2. The minimum absolute atomic E-state index is 0.00135. The van der Waals surface area contributed by atoms with Crippen LogP contribution in [0.4, 0.5) is 4.39 Å². The second kappa shape index (κ2) is 12.7. The minimum Gasteiger partial charge on any atom is -0.508 e. The average Bonchev–Trinajstić information content (AvgIpc) is 2.80. The molecule has 2 nitrogen and oxygen atoms in total. The van der Waals surface area contributed by atoms with Crippen LogP contribution in [0.2, 0.25) is 0 Å². The van der Waals surface area contributed by atoms with E-state index in [0.717, 1.165) is 18.6 Å². The Morgan fingerprint density at radius 1 is 0.909 bits per heavy atom. The van der Waals surface area contributed by atoms with Gasteiger partial charge in [-0.25, -0.2) is 0 Å². The third-order valence-corrected chi connectivity index (χ3v) is 8.90. The van der Waals surface area contributed by atoms with E-state index < -0.39 is 0 Å². The third kappa shape index (κ3) is 7.15. The molecule has 0 aromatic heterocycles. The van der Waals surface area contributed by atoms with Gasteiger partial charge in [-0.2, -0.15) is 0 Å². The van der Waals surface area contributed by atoms with E-state index in [1.165, 1.54) is 61.0 Å². The molecule has 2 aromatic carbocycles. The molecular formula is C29H41FO2S. The molecule has 0 bridgehead atoms. The van der Waals surface area contributed by atoms with E-state index in [1.807, 2.05) is 23.9 Å². The highest BCUT2D eigenvalue weighted by atomic mass is 32.2. The zero-order chi connectivity index (χ0) is 23.7. The van der Waals surface area contributed by atoms with Crippen LogP contribution in [0, 0.1) is 5.92 Å². The van der Waals surface area contributed by atoms with E-state index in [9.17, 15) is 14.6 Å². The summed E-state index contributed by atoms with van der Waals surface area (Å²) in [5.74, 6) is 2.55. The zero-order valence-electron chi connectivity index (χ0n) is 20.4. The Hall–Kier alpha value is -1.68. The van der Waals surface area contributed by atoms with Crippen LogP contribution in [0.25, 0.3) is 0 Å². The first kappa shape index (κ1) is 25.9. The van der Waals surface area contributed by atoms with Gasteiger partial charge in [0.15, 0.2) is 0 Å². The number of phenolic OH excluding ortho intramolecular Hbond substituents is 2. The molecule has 0 aliphatic carbocycles. The molecule has 1 aliphatic rings. The summed E-state index contributed by atoms with van der Waals surface area (Å²) >= 11 is 1.83. The standard InChI is InChI=1S/C29H41FO2S/c1-22(18-19-30)10-8-6-4-3-5-7-9-11-27-26-17-16-25(32)20-28(26)33-21-29(27,2)23-12-14-24(31)15-13-23/h12-17,20,22,27,31-32H,3-11,18-19,21H2,1-2H3/t22?,27?,29-/m1/s1. The lowest BCUT2D eigenvalue weighted by Gasteiger charge is -2.43. The van der Waals surface area contributed by atoms with Gasteiger partial charge in [0, 0.05) is 16.1 Å². The molecule has 1 aliphatic heterocycles. The number of aromatic hydroxyl groups is 2. The van der Waals surface area contributed by atoms with Crippen LogP contribution in [0.3, 0.4) is 0 Å². The van der Waals surface area contributed by atoms with Crippen LogP contribution in [-0.4, -0.2) is 22.6 Å². The van der Waals surface area contributed by atoms with Crippen molar-refractivity contribution < 1.29 is 14.6 Å². The van der Waals surface area contributed by atoms with Crippen molar-refractivity contribution in [1.29, 1.82) is 0 Å². The fraction of sp³-hybridized carbons (Fsp3) is 0.586. The number of hydrogen-bond acceptors (Lipinski definition) is 3. The Kier molecular flexibility index (Phi) is 9.97. The fourth-order valence-corrected chi connectivity index (χ4v) is 6.67. The largest absolute Gasteiger partial charge is 0.508 e. The van der Waals surface area contributed by atoms with Crippen molar-refractivity contribution in [3.63, 3.8) is 0 Å². The predicted molar refractivity (Wildman–Crippen MR) is 138 cm³/mol. The molecule has 3 rings (SSSR count). The van der Waals surface area contributed by atoms with Crippen molar-refractivity contribution in [2.75, 3.05) is 12.4 Å². The highest BCUT2D eigenvalue weighted by Crippen LogP contribution is 2.52. The molecule has 4 heteroatoms. The van der Waals surface area contributed by atoms with Crippen molar-refractivity contribution >= 4 is 11.8 Å². The van der Waals surface area contributed by atoms with Gasteiger partial charge in [-0.05, 0) is 60.1 Å². The highest BCUT2D eigenvalue weighted by molar-refractivity contribution is 7.99. The van der Waals surface area contributed by atoms with Crippen LogP contribution < -0.4 is 0 Å². The van der Waals surface area contributed by atoms with Crippen molar-refractivity contribution in [2.45, 2.75) is 94.3 Å². The highest BCUT2D eigenvalue weighted by Gasteiger charge is 2.41. The number of benzene rings is 2. The van der Waals surface area contributed by atoms with Gasteiger partial charge in [-0.3, -0.25) is 4.39 Å². The first-order valence-electron chi connectivity index (χ1n) is 12.7. The third-order valence-electron chi connectivity index (χ3n) is 7.49. The van der Waals surface area contributed by atoms with Gasteiger partial charge in [-0.15, -0.1) is 11.8 Å². The quantitative estimate of drug-likeness (QED) is 0.286. The summed E-state index contributed by atoms with van der Waals surface area (Å²) < 4.78 is 12.4. The zero-order valence-corrected chi connectivity index (χ0v) is 21.2. The molecule has 0 amide bonds. The number of rotatable bonds is 13. The predicted octanol–water partition coefficient (Wildman–Crippen LogP) is 8.75. The minimum atomic E-state index is -0.182. The Balaban J connectivity index is 1.53. The first-order valence-corrected chi connectivity index (χ1v) is 13.7. The van der Waals surface area contributed by atoms with Crippen LogP contribution >= 0.6 is 11.8 Å². The molecule has 2 aromatic rings. The van der Waals surface area contributed by atoms with E-state index in [1.54, 1.807) is 12.1 Å². The molecule has 0 saturated carbocycles. The molecule has 0 radical (unpaired) electrons. The monoisotopic (exact) mass is 472 g/mol. The maximum atomic E-state index is 12.4. The van der Waals surface area contributed by atoms with E-state index in [4.69, 9.17) is 0 Å². The van der Waals surface area contributed by atoms with Crippen LogP contribution in [-0.2, 0) is 5.41 Å². The molecule has 2 unspecified atom stereocenters. The van der Waals surface area contributed by atoms with Crippen LogP contribution in [0.1, 0.15) is 95.1 Å². The molecule has 3 atom stereocenters. The molecule has 182 valence electrons. The average molecular weight is 473 g/mol. The normalized spacial score (nSPS) is 21.0. The second-order valence-corrected chi connectivity index (χ2v) is 11.2. The summed E-state index contributed by atoms with van der Waals surface area (Å²) in [7, 11) is 0. The smallest absolute Gasteiger partial charge is 0.116 e. The van der Waals surface area contributed by atoms with E-state index in [-0.39, 0.29) is 12.1 Å². The summed E-state index contributed by atoms with van der Waals surface area (Å²) in [5, 5.41) is 19.8. The lowest BCUT2D eigenvalue weighted by Crippen LogP contribution is -2.36. The van der Waals surface area contributed by atoms with Crippen molar-refractivity contribution in [3.05, 3.63) is 53.6 Å². The van der Waals surface area contributed by atoms with Gasteiger partial charge in [0.25, 0.3) is 0 Å². The Morgan fingerprint density at radius 3 is 2.24 bits per heavy atom. The van der Waals surface area contributed by atoms with Crippen molar-refractivity contribution in [3.8, 4) is 11.5 Å². The maximum Gasteiger partial charge on any atom is 0.116 e. The summed E-state index contributed by atoms with van der Waals surface area (Å²) in [5.41, 5.74) is 2.62. The van der Waals surface area contributed by atoms with Crippen molar-refractivity contribution in [2.24, 2.45) is 5.92 Å². The van der Waals surface area contributed by atoms with E-state index in [0.29, 0.717) is 29.8 Å². The summed E-state index contributed by atoms with van der Waals surface area (Å²) in [6.07, 6.45) is 11.8. The number of phenols is 2. The molecular weight excluding hydrogens is 431 g/mol. The van der Waals surface area contributed by atoms with Crippen LogP contribution in [0.15, 0.2) is 47.4 Å². The van der Waals surface area contributed by atoms with E-state index in [2.05, 4.69) is 32.0 Å². The van der Waals surface area contributed by atoms with E-state index >= 15 is 0 Å². The number of fused-ring (bicyclic) bond motifs is 1. The molecule has 2 N–H and O–H groups in total. The van der Waals surface area contributed by atoms with Gasteiger partial charge in [0.05, 0.1) is 6.67 Å².